The Bertz CT molecular complexity index is 857. The largest absolute Gasteiger partial charge is 0.465 e. The maximum atomic E-state index is 11.9. The van der Waals surface area contributed by atoms with E-state index in [1.807, 2.05) is 30.5 Å². The van der Waals surface area contributed by atoms with E-state index in [1.165, 1.54) is 11.1 Å². The molecule has 0 spiro atoms. The molecule has 4 rings (SSSR count). The first-order valence-corrected chi connectivity index (χ1v) is 10.2. The summed E-state index contributed by atoms with van der Waals surface area (Å²) in [6.45, 7) is 1.15. The zero-order valence-corrected chi connectivity index (χ0v) is 17.0. The molecule has 1 aromatic carbocycles. The minimum Gasteiger partial charge on any atom is -0.465 e. The Morgan fingerprint density at radius 2 is 2.15 bits per heavy atom. The van der Waals surface area contributed by atoms with Crippen molar-refractivity contribution in [1.82, 2.24) is 14.8 Å². The number of halogens is 1. The van der Waals surface area contributed by atoms with Gasteiger partial charge in [-0.1, -0.05) is 34.1 Å². The van der Waals surface area contributed by atoms with Crippen LogP contribution in [-0.2, 0) is 19.4 Å². The van der Waals surface area contributed by atoms with Gasteiger partial charge in [0.2, 0.25) is 0 Å². The minimum atomic E-state index is -0.846. The Hall–Kier alpha value is -1.92. The van der Waals surface area contributed by atoms with Crippen LogP contribution in [0.25, 0.3) is 0 Å². The van der Waals surface area contributed by atoms with Crippen molar-refractivity contribution >= 4 is 22.0 Å². The van der Waals surface area contributed by atoms with Crippen molar-refractivity contribution in [3.63, 3.8) is 0 Å². The van der Waals surface area contributed by atoms with E-state index in [4.69, 9.17) is 0 Å². The van der Waals surface area contributed by atoms with E-state index < -0.39 is 6.09 Å². The Balaban J connectivity index is 1.57. The average molecular weight is 430 g/mol. The van der Waals surface area contributed by atoms with Crippen LogP contribution in [0, 0.1) is 0 Å². The van der Waals surface area contributed by atoms with Gasteiger partial charge in [0.1, 0.15) is 0 Å². The lowest BCUT2D eigenvalue weighted by molar-refractivity contribution is 0.0889. The third-order valence-corrected chi connectivity index (χ3v) is 6.62. The molecule has 1 aromatic heterocycles. The van der Waals surface area contributed by atoms with Crippen LogP contribution in [-0.4, -0.2) is 45.6 Å². The number of pyridine rings is 1. The molecule has 0 saturated carbocycles. The zero-order chi connectivity index (χ0) is 19.0. The minimum absolute atomic E-state index is 0.0622. The Morgan fingerprint density at radius 1 is 1.33 bits per heavy atom. The molecule has 1 N–H and O–H groups in total. The highest BCUT2D eigenvalue weighted by atomic mass is 79.9. The summed E-state index contributed by atoms with van der Waals surface area (Å²) >= 11 is 3.64. The molecule has 0 saturated heterocycles. The fourth-order valence-corrected chi connectivity index (χ4v) is 5.07. The second kappa shape index (κ2) is 7.60. The van der Waals surface area contributed by atoms with Crippen LogP contribution < -0.4 is 0 Å². The first-order valence-electron chi connectivity index (χ1n) is 9.44. The summed E-state index contributed by atoms with van der Waals surface area (Å²) in [6, 6.07) is 10.4. The van der Waals surface area contributed by atoms with Crippen molar-refractivity contribution in [1.29, 1.82) is 0 Å². The fourth-order valence-electron chi connectivity index (χ4n) is 4.50. The maximum Gasteiger partial charge on any atom is 0.407 e. The molecule has 2 heterocycles. The lowest BCUT2D eigenvalue weighted by atomic mass is 9.89. The van der Waals surface area contributed by atoms with E-state index in [0.29, 0.717) is 13.1 Å². The normalized spacial score (nSPS) is 21.7. The van der Waals surface area contributed by atoms with E-state index >= 15 is 0 Å². The molecular weight excluding hydrogens is 406 g/mol. The molecule has 2 aromatic rings. The number of nitrogens with zero attached hydrogens (tertiary/aromatic N) is 3. The van der Waals surface area contributed by atoms with Gasteiger partial charge < -0.3 is 5.11 Å². The molecule has 1 amide bonds. The molecule has 0 radical (unpaired) electrons. The quantitative estimate of drug-likeness (QED) is 0.791. The van der Waals surface area contributed by atoms with Gasteiger partial charge in [0.05, 0.1) is 17.8 Å². The smallest absolute Gasteiger partial charge is 0.407 e. The number of aryl methyl sites for hydroxylation is 1. The van der Waals surface area contributed by atoms with Crippen LogP contribution in [0.5, 0.6) is 0 Å². The molecule has 5 nitrogen and oxygen atoms in total. The second-order valence-electron chi connectivity index (χ2n) is 7.54. The number of hydrogen-bond donors (Lipinski definition) is 1. The standard InChI is InChI=1S/C21H24BrN3O2/c1-24(19-9-3-5-14-7-4-10-23-20(14)19)13-16-11-17-15(6-2-8-18(17)22)12-25(16)21(26)27/h2,4,6-8,10,16,19H,3,5,9,11-13H2,1H3,(H,26,27)/t16?,19-/m0/s1. The van der Waals surface area contributed by atoms with Gasteiger partial charge in [-0.2, -0.15) is 0 Å². The first kappa shape index (κ1) is 18.4. The highest BCUT2D eigenvalue weighted by Gasteiger charge is 2.34. The van der Waals surface area contributed by atoms with E-state index in [9.17, 15) is 9.90 Å². The predicted octanol–water partition coefficient (Wildman–Crippen LogP) is 4.26. The molecule has 1 aliphatic carbocycles. The van der Waals surface area contributed by atoms with Gasteiger partial charge in [-0.15, -0.1) is 0 Å². The number of hydrogen-bond acceptors (Lipinski definition) is 3. The fraction of sp³-hybridized carbons (Fsp3) is 0.429. The summed E-state index contributed by atoms with van der Waals surface area (Å²) in [6.07, 6.45) is 5.05. The number of carbonyl (C=O) groups is 1. The van der Waals surface area contributed by atoms with Gasteiger partial charge in [-0.25, -0.2) is 4.79 Å². The number of benzene rings is 1. The number of fused-ring (bicyclic) bond motifs is 2. The molecular formula is C21H24BrN3O2. The number of likely N-dealkylation sites (N-methyl/N-ethyl adjacent to an activating group) is 1. The molecule has 2 aliphatic rings. The van der Waals surface area contributed by atoms with Gasteiger partial charge in [0, 0.05) is 23.8 Å². The van der Waals surface area contributed by atoms with Crippen LogP contribution >= 0.6 is 15.9 Å². The van der Waals surface area contributed by atoms with Crippen LogP contribution in [0.1, 0.15) is 41.3 Å². The van der Waals surface area contributed by atoms with Crippen molar-refractivity contribution in [2.45, 2.75) is 44.3 Å². The van der Waals surface area contributed by atoms with E-state index in [1.54, 1.807) is 4.90 Å². The molecule has 27 heavy (non-hydrogen) atoms. The van der Waals surface area contributed by atoms with E-state index in [-0.39, 0.29) is 12.1 Å². The van der Waals surface area contributed by atoms with Crippen molar-refractivity contribution in [2.24, 2.45) is 0 Å². The summed E-state index contributed by atoms with van der Waals surface area (Å²) in [5.41, 5.74) is 4.81. The molecule has 142 valence electrons. The Labute approximate surface area is 168 Å². The number of rotatable bonds is 3. The molecule has 0 fully saturated rings. The van der Waals surface area contributed by atoms with Gasteiger partial charge in [0.15, 0.2) is 0 Å². The molecule has 2 atom stereocenters. The predicted molar refractivity (Wildman–Crippen MR) is 108 cm³/mol. The van der Waals surface area contributed by atoms with Crippen molar-refractivity contribution < 1.29 is 9.90 Å². The summed E-state index contributed by atoms with van der Waals surface area (Å²) in [7, 11) is 2.10. The summed E-state index contributed by atoms with van der Waals surface area (Å²) in [5.74, 6) is 0. The molecule has 6 heteroatoms. The van der Waals surface area contributed by atoms with Crippen molar-refractivity contribution in [3.05, 3.63) is 63.4 Å². The average Bonchev–Trinajstić information content (AvgIpc) is 2.67. The first-order chi connectivity index (χ1) is 13.0. The lowest BCUT2D eigenvalue weighted by Gasteiger charge is -2.40. The zero-order valence-electron chi connectivity index (χ0n) is 15.4. The van der Waals surface area contributed by atoms with Crippen LogP contribution in [0.15, 0.2) is 41.0 Å². The monoisotopic (exact) mass is 429 g/mol. The van der Waals surface area contributed by atoms with E-state index in [0.717, 1.165) is 41.4 Å². The van der Waals surface area contributed by atoms with Gasteiger partial charge >= 0.3 is 6.09 Å². The molecule has 1 unspecified atom stereocenters. The second-order valence-corrected chi connectivity index (χ2v) is 8.40. The summed E-state index contributed by atoms with van der Waals surface area (Å²) in [4.78, 5) is 20.4. The highest BCUT2D eigenvalue weighted by molar-refractivity contribution is 9.10. The third kappa shape index (κ3) is 3.60. The lowest BCUT2D eigenvalue weighted by Crippen LogP contribution is -2.49. The van der Waals surface area contributed by atoms with Crippen molar-refractivity contribution in [3.8, 4) is 0 Å². The van der Waals surface area contributed by atoms with Crippen LogP contribution in [0.3, 0.4) is 0 Å². The Kier molecular flexibility index (Phi) is 5.19. The molecule has 1 aliphatic heterocycles. The van der Waals surface area contributed by atoms with Gasteiger partial charge in [-0.05, 0) is 61.6 Å². The van der Waals surface area contributed by atoms with E-state index in [2.05, 4.69) is 38.9 Å². The number of aromatic nitrogens is 1. The van der Waals surface area contributed by atoms with Gasteiger partial charge in [-0.3, -0.25) is 14.8 Å². The summed E-state index contributed by atoms with van der Waals surface area (Å²) in [5, 5.41) is 9.77. The SMILES string of the molecule is CN(CC1Cc2c(Br)cccc2CN1C(=O)O)[C@H]1CCCc2cccnc21. The topological polar surface area (TPSA) is 56.7 Å². The third-order valence-electron chi connectivity index (χ3n) is 5.88. The van der Waals surface area contributed by atoms with Crippen molar-refractivity contribution in [2.75, 3.05) is 13.6 Å². The Morgan fingerprint density at radius 3 is 2.96 bits per heavy atom. The summed E-state index contributed by atoms with van der Waals surface area (Å²) < 4.78 is 1.07. The van der Waals surface area contributed by atoms with Gasteiger partial charge in [0.25, 0.3) is 0 Å². The maximum absolute atomic E-state index is 11.9. The molecule has 0 bridgehead atoms. The number of carboxylic acid groups (broad SMARTS) is 1. The van der Waals surface area contributed by atoms with Crippen LogP contribution in [0.4, 0.5) is 4.79 Å². The van der Waals surface area contributed by atoms with Crippen LogP contribution in [0.2, 0.25) is 0 Å². The number of amides is 1. The highest BCUT2D eigenvalue weighted by Crippen LogP contribution is 2.34.